The van der Waals surface area contributed by atoms with Crippen molar-refractivity contribution in [2.75, 3.05) is 6.61 Å². The van der Waals surface area contributed by atoms with E-state index in [4.69, 9.17) is 9.15 Å². The molecular formula is C14H21NO3. The smallest absolute Gasteiger partial charge is 0.308 e. The lowest BCUT2D eigenvalue weighted by Crippen LogP contribution is -2.35. The maximum atomic E-state index is 11.6. The van der Waals surface area contributed by atoms with Crippen molar-refractivity contribution in [2.45, 2.75) is 45.2 Å². The summed E-state index contributed by atoms with van der Waals surface area (Å²) in [6.07, 6.45) is 7.40. The van der Waals surface area contributed by atoms with E-state index in [9.17, 15) is 4.79 Å². The van der Waals surface area contributed by atoms with Crippen LogP contribution in [0.15, 0.2) is 23.0 Å². The molecule has 1 heterocycles. The number of carbonyl (C=O) groups is 1. The molecule has 18 heavy (non-hydrogen) atoms. The highest BCUT2D eigenvalue weighted by atomic mass is 16.5. The van der Waals surface area contributed by atoms with Crippen LogP contribution in [-0.2, 0) is 16.1 Å². The summed E-state index contributed by atoms with van der Waals surface area (Å²) in [5.41, 5.74) is 1.17. The van der Waals surface area contributed by atoms with Crippen LogP contribution in [0.3, 0.4) is 0 Å². The van der Waals surface area contributed by atoms with Crippen LogP contribution in [0.4, 0.5) is 0 Å². The fraction of sp³-hybridized carbons (Fsp3) is 0.643. The highest BCUT2D eigenvalue weighted by Gasteiger charge is 2.26. The molecule has 1 fully saturated rings. The van der Waals surface area contributed by atoms with E-state index >= 15 is 0 Å². The second-order valence-corrected chi connectivity index (χ2v) is 4.81. The summed E-state index contributed by atoms with van der Waals surface area (Å²) in [6.45, 7) is 3.18. The molecule has 4 nitrogen and oxygen atoms in total. The molecule has 0 aliphatic heterocycles. The van der Waals surface area contributed by atoms with Crippen molar-refractivity contribution in [3.05, 3.63) is 24.2 Å². The Morgan fingerprint density at radius 2 is 2.22 bits per heavy atom. The predicted octanol–water partition coefficient (Wildman–Crippen LogP) is 2.49. The van der Waals surface area contributed by atoms with Crippen LogP contribution in [0.25, 0.3) is 0 Å². The van der Waals surface area contributed by atoms with E-state index < -0.39 is 0 Å². The van der Waals surface area contributed by atoms with Gasteiger partial charge < -0.3 is 14.5 Å². The van der Waals surface area contributed by atoms with Crippen molar-refractivity contribution >= 4 is 5.97 Å². The largest absolute Gasteiger partial charge is 0.472 e. The van der Waals surface area contributed by atoms with Crippen LogP contribution in [0, 0.1) is 5.92 Å². The molecule has 1 aromatic heterocycles. The van der Waals surface area contributed by atoms with Crippen molar-refractivity contribution in [3.8, 4) is 0 Å². The van der Waals surface area contributed by atoms with Crippen LogP contribution in [-0.4, -0.2) is 18.6 Å². The lowest BCUT2D eigenvalue weighted by atomic mass is 9.86. The van der Waals surface area contributed by atoms with Crippen molar-refractivity contribution in [3.63, 3.8) is 0 Å². The first-order chi connectivity index (χ1) is 8.79. The second-order valence-electron chi connectivity index (χ2n) is 4.81. The van der Waals surface area contributed by atoms with Crippen LogP contribution in [0.1, 0.15) is 38.2 Å². The monoisotopic (exact) mass is 251 g/mol. The van der Waals surface area contributed by atoms with Gasteiger partial charge in [-0.1, -0.05) is 0 Å². The van der Waals surface area contributed by atoms with Gasteiger partial charge in [-0.25, -0.2) is 0 Å². The second kappa shape index (κ2) is 6.59. The lowest BCUT2D eigenvalue weighted by molar-refractivity contribution is -0.149. The van der Waals surface area contributed by atoms with E-state index in [1.165, 1.54) is 5.56 Å². The molecular weight excluding hydrogens is 230 g/mol. The molecule has 0 aromatic carbocycles. The van der Waals surface area contributed by atoms with Gasteiger partial charge in [-0.05, 0) is 38.7 Å². The average Bonchev–Trinajstić information content (AvgIpc) is 2.90. The summed E-state index contributed by atoms with van der Waals surface area (Å²) in [5.74, 6) is 0.0858. The zero-order valence-electron chi connectivity index (χ0n) is 10.9. The molecule has 0 unspecified atom stereocenters. The maximum absolute atomic E-state index is 11.6. The van der Waals surface area contributed by atoms with Crippen molar-refractivity contribution in [1.82, 2.24) is 5.32 Å². The van der Waals surface area contributed by atoms with Crippen LogP contribution >= 0.6 is 0 Å². The first kappa shape index (κ1) is 13.1. The molecule has 1 saturated carbocycles. The molecule has 2 rings (SSSR count). The molecule has 4 heteroatoms. The van der Waals surface area contributed by atoms with Gasteiger partial charge in [0.15, 0.2) is 0 Å². The van der Waals surface area contributed by atoms with E-state index in [2.05, 4.69) is 5.32 Å². The topological polar surface area (TPSA) is 51.5 Å². The van der Waals surface area contributed by atoms with Crippen LogP contribution in [0.5, 0.6) is 0 Å². The predicted molar refractivity (Wildman–Crippen MR) is 67.9 cm³/mol. The molecule has 0 saturated heterocycles. The van der Waals surface area contributed by atoms with Crippen molar-refractivity contribution in [1.29, 1.82) is 0 Å². The first-order valence-electron chi connectivity index (χ1n) is 6.70. The van der Waals surface area contributed by atoms with E-state index in [0.717, 1.165) is 32.2 Å². The molecule has 100 valence electrons. The number of carbonyl (C=O) groups excluding carboxylic acids is 1. The van der Waals surface area contributed by atoms with Gasteiger partial charge in [-0.2, -0.15) is 0 Å². The number of hydrogen-bond donors (Lipinski definition) is 1. The van der Waals surface area contributed by atoms with Gasteiger partial charge in [0.05, 0.1) is 25.1 Å². The molecule has 0 radical (unpaired) electrons. The van der Waals surface area contributed by atoms with Gasteiger partial charge >= 0.3 is 5.97 Å². The third-order valence-electron chi connectivity index (χ3n) is 3.52. The Kier molecular flexibility index (Phi) is 4.81. The Balaban J connectivity index is 1.68. The molecule has 1 N–H and O–H groups in total. The minimum absolute atomic E-state index is 0.0224. The number of nitrogens with one attached hydrogen (secondary N) is 1. The third-order valence-corrected chi connectivity index (χ3v) is 3.52. The molecule has 0 atom stereocenters. The summed E-state index contributed by atoms with van der Waals surface area (Å²) < 4.78 is 10.1. The normalized spacial score (nSPS) is 23.8. The summed E-state index contributed by atoms with van der Waals surface area (Å²) >= 11 is 0. The SMILES string of the molecule is CCOC(=O)C1CCC(NCc2ccoc2)CC1. The molecule has 0 bridgehead atoms. The van der Waals surface area contributed by atoms with Gasteiger partial charge in [-0.15, -0.1) is 0 Å². The number of hydrogen-bond acceptors (Lipinski definition) is 4. The molecule has 0 amide bonds. The average molecular weight is 251 g/mol. The van der Waals surface area contributed by atoms with Crippen molar-refractivity contribution in [2.24, 2.45) is 5.92 Å². The zero-order chi connectivity index (χ0) is 12.8. The zero-order valence-corrected chi connectivity index (χ0v) is 10.9. The summed E-state index contributed by atoms with van der Waals surface area (Å²) in [6, 6.07) is 2.47. The molecule has 1 aromatic rings. The number of ether oxygens (including phenoxy) is 1. The van der Waals surface area contributed by atoms with E-state index in [-0.39, 0.29) is 11.9 Å². The van der Waals surface area contributed by atoms with Crippen molar-refractivity contribution < 1.29 is 13.9 Å². The third kappa shape index (κ3) is 3.60. The van der Waals surface area contributed by atoms with E-state index in [1.807, 2.05) is 13.0 Å². The fourth-order valence-corrected chi connectivity index (χ4v) is 2.45. The number of esters is 1. The highest BCUT2D eigenvalue weighted by Crippen LogP contribution is 2.25. The van der Waals surface area contributed by atoms with Gasteiger partial charge in [0, 0.05) is 18.2 Å². The number of furan rings is 1. The summed E-state index contributed by atoms with van der Waals surface area (Å²) in [4.78, 5) is 11.6. The highest BCUT2D eigenvalue weighted by molar-refractivity contribution is 5.72. The molecule has 0 spiro atoms. The van der Waals surface area contributed by atoms with Gasteiger partial charge in [0.25, 0.3) is 0 Å². The molecule has 1 aliphatic rings. The summed E-state index contributed by atoms with van der Waals surface area (Å²) in [7, 11) is 0. The fourth-order valence-electron chi connectivity index (χ4n) is 2.45. The van der Waals surface area contributed by atoms with Gasteiger partial charge in [0.1, 0.15) is 0 Å². The van der Waals surface area contributed by atoms with Gasteiger partial charge in [-0.3, -0.25) is 4.79 Å². The standard InChI is InChI=1S/C14H21NO3/c1-2-18-14(16)12-3-5-13(6-4-12)15-9-11-7-8-17-10-11/h7-8,10,12-13,15H,2-6,9H2,1H3. The Labute approximate surface area is 108 Å². The Bertz CT molecular complexity index is 353. The lowest BCUT2D eigenvalue weighted by Gasteiger charge is -2.27. The van der Waals surface area contributed by atoms with Crippen LogP contribution < -0.4 is 5.32 Å². The molecule has 1 aliphatic carbocycles. The Morgan fingerprint density at radius 1 is 1.44 bits per heavy atom. The summed E-state index contributed by atoms with van der Waals surface area (Å²) in [5, 5.41) is 3.50. The van der Waals surface area contributed by atoms with Crippen LogP contribution in [0.2, 0.25) is 0 Å². The quantitative estimate of drug-likeness (QED) is 0.817. The minimum Gasteiger partial charge on any atom is -0.472 e. The Morgan fingerprint density at radius 3 is 2.83 bits per heavy atom. The van der Waals surface area contributed by atoms with E-state index in [1.54, 1.807) is 12.5 Å². The van der Waals surface area contributed by atoms with E-state index in [0.29, 0.717) is 12.6 Å². The number of rotatable bonds is 5. The van der Waals surface area contributed by atoms with Gasteiger partial charge in [0.2, 0.25) is 0 Å². The Hall–Kier alpha value is -1.29. The first-order valence-corrected chi connectivity index (χ1v) is 6.70. The maximum Gasteiger partial charge on any atom is 0.308 e. The minimum atomic E-state index is -0.0224.